The second kappa shape index (κ2) is 8.46. The highest BCUT2D eigenvalue weighted by atomic mass is 16.5. The smallest absolute Gasteiger partial charge is 0.336 e. The van der Waals surface area contributed by atoms with E-state index < -0.39 is 0 Å². The molecule has 4 aromatic rings. The van der Waals surface area contributed by atoms with Crippen LogP contribution in [0.15, 0.2) is 75.9 Å². The molecule has 4 heteroatoms. The molecule has 0 saturated carbocycles. The van der Waals surface area contributed by atoms with E-state index in [0.29, 0.717) is 18.8 Å². The Kier molecular flexibility index (Phi) is 5.57. The van der Waals surface area contributed by atoms with Gasteiger partial charge in [0.2, 0.25) is 0 Å². The highest BCUT2D eigenvalue weighted by molar-refractivity contribution is 5.95. The summed E-state index contributed by atoms with van der Waals surface area (Å²) in [5.74, 6) is 1.67. The Balaban J connectivity index is 1.91. The Labute approximate surface area is 175 Å². The van der Waals surface area contributed by atoms with Gasteiger partial charge in [-0.1, -0.05) is 24.3 Å². The van der Waals surface area contributed by atoms with Crippen LogP contribution in [0.25, 0.3) is 33.2 Å². The molecular formula is C26H24O4. The van der Waals surface area contributed by atoms with Gasteiger partial charge in [-0.05, 0) is 85.0 Å². The van der Waals surface area contributed by atoms with E-state index in [1.165, 1.54) is 6.07 Å². The van der Waals surface area contributed by atoms with Crippen molar-refractivity contribution in [2.45, 2.75) is 20.8 Å². The molecule has 1 heterocycles. The van der Waals surface area contributed by atoms with Crippen molar-refractivity contribution in [1.29, 1.82) is 0 Å². The molecule has 0 aliphatic rings. The van der Waals surface area contributed by atoms with Crippen molar-refractivity contribution in [3.8, 4) is 33.8 Å². The summed E-state index contributed by atoms with van der Waals surface area (Å²) >= 11 is 0. The molecule has 152 valence electrons. The van der Waals surface area contributed by atoms with Crippen LogP contribution in [0.4, 0.5) is 0 Å². The second-order valence-corrected chi connectivity index (χ2v) is 7.06. The first kappa shape index (κ1) is 19.8. The van der Waals surface area contributed by atoms with Gasteiger partial charge in [-0.2, -0.15) is 0 Å². The molecule has 0 spiro atoms. The van der Waals surface area contributed by atoms with Crippen LogP contribution < -0.4 is 15.1 Å². The van der Waals surface area contributed by atoms with Crippen molar-refractivity contribution in [1.82, 2.24) is 0 Å². The van der Waals surface area contributed by atoms with Crippen LogP contribution in [0.5, 0.6) is 11.5 Å². The van der Waals surface area contributed by atoms with Gasteiger partial charge >= 0.3 is 5.63 Å². The lowest BCUT2D eigenvalue weighted by molar-refractivity contribution is 0.340. The average Bonchev–Trinajstić information content (AvgIpc) is 2.74. The summed E-state index contributed by atoms with van der Waals surface area (Å²) in [6, 6.07) is 21.6. The van der Waals surface area contributed by atoms with Crippen LogP contribution in [0.3, 0.4) is 0 Å². The fourth-order valence-electron chi connectivity index (χ4n) is 3.64. The van der Waals surface area contributed by atoms with E-state index in [1.807, 2.05) is 63.2 Å². The molecule has 0 unspecified atom stereocenters. The van der Waals surface area contributed by atoms with Crippen LogP contribution in [-0.2, 0) is 0 Å². The Morgan fingerprint density at radius 2 is 1.23 bits per heavy atom. The van der Waals surface area contributed by atoms with Crippen molar-refractivity contribution < 1.29 is 13.9 Å². The molecule has 3 aromatic carbocycles. The van der Waals surface area contributed by atoms with Crippen molar-refractivity contribution >= 4 is 11.0 Å². The summed E-state index contributed by atoms with van der Waals surface area (Å²) in [5.41, 5.74) is 5.27. The highest BCUT2D eigenvalue weighted by Crippen LogP contribution is 2.37. The molecule has 0 radical (unpaired) electrons. The van der Waals surface area contributed by atoms with Crippen molar-refractivity contribution in [2.24, 2.45) is 0 Å². The predicted molar refractivity (Wildman–Crippen MR) is 120 cm³/mol. The van der Waals surface area contributed by atoms with E-state index in [0.717, 1.165) is 44.7 Å². The van der Waals surface area contributed by atoms with Crippen LogP contribution in [0.2, 0.25) is 0 Å². The third kappa shape index (κ3) is 3.94. The fraction of sp³-hybridized carbons (Fsp3) is 0.192. The molecule has 4 nitrogen and oxygen atoms in total. The molecule has 0 atom stereocenters. The Hall–Kier alpha value is -3.53. The maximum absolute atomic E-state index is 11.9. The van der Waals surface area contributed by atoms with Gasteiger partial charge in [-0.3, -0.25) is 0 Å². The van der Waals surface area contributed by atoms with E-state index in [2.05, 4.69) is 18.2 Å². The standard InChI is InChI=1S/C26H24O4/c1-4-28-20-10-6-18(7-11-20)23-15-22-17(3)14-26(27)30-25(22)16-24(23)19-8-12-21(13-9-19)29-5-2/h6-16H,4-5H2,1-3H3. The number of ether oxygens (including phenoxy) is 2. The largest absolute Gasteiger partial charge is 0.494 e. The van der Waals surface area contributed by atoms with Gasteiger partial charge in [0, 0.05) is 11.5 Å². The lowest BCUT2D eigenvalue weighted by Crippen LogP contribution is -1.99. The lowest BCUT2D eigenvalue weighted by Gasteiger charge is -2.14. The zero-order valence-electron chi connectivity index (χ0n) is 17.4. The van der Waals surface area contributed by atoms with E-state index in [9.17, 15) is 4.79 Å². The van der Waals surface area contributed by atoms with Gasteiger partial charge in [0.1, 0.15) is 17.1 Å². The van der Waals surface area contributed by atoms with Crippen molar-refractivity contribution in [3.63, 3.8) is 0 Å². The summed E-state index contributed by atoms with van der Waals surface area (Å²) in [4.78, 5) is 11.9. The molecule has 30 heavy (non-hydrogen) atoms. The molecule has 0 bridgehead atoms. The molecule has 1 aromatic heterocycles. The minimum atomic E-state index is -0.341. The monoisotopic (exact) mass is 400 g/mol. The summed E-state index contributed by atoms with van der Waals surface area (Å²) in [6.07, 6.45) is 0. The molecule has 0 saturated heterocycles. The van der Waals surface area contributed by atoms with Gasteiger partial charge in [0.15, 0.2) is 0 Å². The zero-order chi connectivity index (χ0) is 21.1. The first-order valence-electron chi connectivity index (χ1n) is 10.1. The molecule has 0 aliphatic carbocycles. The minimum absolute atomic E-state index is 0.341. The number of hydrogen-bond acceptors (Lipinski definition) is 4. The van der Waals surface area contributed by atoms with Crippen LogP contribution >= 0.6 is 0 Å². The van der Waals surface area contributed by atoms with Crippen LogP contribution in [-0.4, -0.2) is 13.2 Å². The summed E-state index contributed by atoms with van der Waals surface area (Å²) in [5, 5.41) is 0.924. The summed E-state index contributed by atoms with van der Waals surface area (Å²) in [7, 11) is 0. The molecule has 4 rings (SSSR count). The first-order chi connectivity index (χ1) is 14.6. The topological polar surface area (TPSA) is 48.7 Å². The summed E-state index contributed by atoms with van der Waals surface area (Å²) < 4.78 is 16.7. The third-order valence-electron chi connectivity index (χ3n) is 5.04. The molecule has 0 N–H and O–H groups in total. The highest BCUT2D eigenvalue weighted by Gasteiger charge is 2.13. The van der Waals surface area contributed by atoms with E-state index in [-0.39, 0.29) is 5.63 Å². The quantitative estimate of drug-likeness (QED) is 0.360. The number of benzene rings is 3. The molecule has 0 amide bonds. The Bertz CT molecular complexity index is 1220. The molecular weight excluding hydrogens is 376 g/mol. The van der Waals surface area contributed by atoms with Crippen LogP contribution in [0, 0.1) is 6.92 Å². The maximum atomic E-state index is 11.9. The van der Waals surface area contributed by atoms with Gasteiger partial charge in [0.05, 0.1) is 13.2 Å². The average molecular weight is 400 g/mol. The maximum Gasteiger partial charge on any atom is 0.336 e. The Morgan fingerprint density at radius 3 is 1.73 bits per heavy atom. The Morgan fingerprint density at radius 1 is 0.733 bits per heavy atom. The fourth-order valence-corrected chi connectivity index (χ4v) is 3.64. The predicted octanol–water partition coefficient (Wildman–Crippen LogP) is 6.23. The SMILES string of the molecule is CCOc1ccc(-c2cc3oc(=O)cc(C)c3cc2-c2ccc(OCC)cc2)cc1. The zero-order valence-corrected chi connectivity index (χ0v) is 17.4. The molecule has 0 aliphatic heterocycles. The van der Waals surface area contributed by atoms with Crippen molar-refractivity contribution in [3.05, 3.63) is 82.7 Å². The first-order valence-corrected chi connectivity index (χ1v) is 10.1. The number of aryl methyl sites for hydroxylation is 1. The van der Waals surface area contributed by atoms with Gasteiger partial charge < -0.3 is 13.9 Å². The lowest BCUT2D eigenvalue weighted by atomic mass is 9.92. The number of hydrogen-bond donors (Lipinski definition) is 0. The van der Waals surface area contributed by atoms with Crippen LogP contribution in [0.1, 0.15) is 19.4 Å². The van der Waals surface area contributed by atoms with Gasteiger partial charge in [0.25, 0.3) is 0 Å². The summed E-state index contributed by atoms with van der Waals surface area (Å²) in [6.45, 7) is 7.11. The van der Waals surface area contributed by atoms with E-state index >= 15 is 0 Å². The van der Waals surface area contributed by atoms with E-state index in [1.54, 1.807) is 0 Å². The van der Waals surface area contributed by atoms with Crippen molar-refractivity contribution in [2.75, 3.05) is 13.2 Å². The number of fused-ring (bicyclic) bond motifs is 1. The van der Waals surface area contributed by atoms with Gasteiger partial charge in [-0.25, -0.2) is 4.79 Å². The normalized spacial score (nSPS) is 10.9. The molecule has 0 fully saturated rings. The minimum Gasteiger partial charge on any atom is -0.494 e. The third-order valence-corrected chi connectivity index (χ3v) is 5.04. The van der Waals surface area contributed by atoms with Gasteiger partial charge in [-0.15, -0.1) is 0 Å². The number of rotatable bonds is 6. The second-order valence-electron chi connectivity index (χ2n) is 7.06. The van der Waals surface area contributed by atoms with E-state index in [4.69, 9.17) is 13.9 Å².